The summed E-state index contributed by atoms with van der Waals surface area (Å²) in [5.41, 5.74) is -1.49. The molecule has 45 heavy (non-hydrogen) atoms. The first-order chi connectivity index (χ1) is 21.4. The molecule has 2 heterocycles. The van der Waals surface area contributed by atoms with Crippen molar-refractivity contribution in [3.05, 3.63) is 123 Å². The van der Waals surface area contributed by atoms with E-state index in [0.717, 1.165) is 21.5 Å². The average Bonchev–Trinajstić information content (AvgIpc) is 3.30. The first kappa shape index (κ1) is 32.8. The molecule has 4 aromatic rings. The van der Waals surface area contributed by atoms with E-state index in [1.165, 1.54) is 44.4 Å². The van der Waals surface area contributed by atoms with Crippen LogP contribution in [0, 0.1) is 0 Å². The van der Waals surface area contributed by atoms with E-state index >= 15 is 0 Å². The van der Waals surface area contributed by atoms with Crippen molar-refractivity contribution in [3.8, 4) is 11.5 Å². The van der Waals surface area contributed by atoms with Gasteiger partial charge in [-0.15, -0.1) is 0 Å². The lowest BCUT2D eigenvalue weighted by Gasteiger charge is -2.26. The molecule has 0 unspecified atom stereocenters. The largest absolute Gasteiger partial charge is 0.493 e. The lowest BCUT2D eigenvalue weighted by atomic mass is 9.95. The van der Waals surface area contributed by atoms with Gasteiger partial charge < -0.3 is 14.2 Å². The van der Waals surface area contributed by atoms with Gasteiger partial charge in [-0.2, -0.15) is 13.2 Å². The highest BCUT2D eigenvalue weighted by molar-refractivity contribution is 9.10. The minimum atomic E-state index is -5.03. The molecule has 0 N–H and O–H groups in total. The second-order valence-electron chi connectivity index (χ2n) is 9.56. The Kier molecular flexibility index (Phi) is 9.78. The third-order valence-electron chi connectivity index (χ3n) is 6.63. The topological polar surface area (TPSA) is 79.1 Å². The van der Waals surface area contributed by atoms with Crippen molar-refractivity contribution in [2.75, 3.05) is 13.7 Å². The Labute approximate surface area is 276 Å². The SMILES string of the molecule is CCOC(=O)C1=C(C(F)(F)F)N=c2s/c(=C\c3cc(Br)cc(OC)c3OCc3ccc(Cl)cc3)c(=O)n2[C@@H]1c1ccc(Cl)cc1. The second-order valence-corrected chi connectivity index (χ2v) is 12.4. The maximum atomic E-state index is 14.4. The fraction of sp³-hybridized carbons (Fsp3) is 0.194. The summed E-state index contributed by atoms with van der Waals surface area (Å²) in [5.74, 6) is -0.600. The van der Waals surface area contributed by atoms with E-state index in [2.05, 4.69) is 20.9 Å². The Bertz CT molecular complexity index is 1970. The molecule has 0 radical (unpaired) electrons. The molecule has 7 nitrogen and oxygen atoms in total. The number of benzene rings is 3. The normalized spacial score (nSPS) is 15.0. The van der Waals surface area contributed by atoms with Crippen LogP contribution in [0.25, 0.3) is 6.08 Å². The van der Waals surface area contributed by atoms with Crippen molar-refractivity contribution in [2.45, 2.75) is 25.7 Å². The summed E-state index contributed by atoms with van der Waals surface area (Å²) in [5, 5.41) is 0.881. The van der Waals surface area contributed by atoms with Crippen LogP contribution in [-0.2, 0) is 16.1 Å². The van der Waals surface area contributed by atoms with Crippen LogP contribution < -0.4 is 24.4 Å². The van der Waals surface area contributed by atoms with Gasteiger partial charge in [-0.3, -0.25) is 9.36 Å². The van der Waals surface area contributed by atoms with Gasteiger partial charge in [0, 0.05) is 20.1 Å². The molecule has 0 fully saturated rings. The van der Waals surface area contributed by atoms with Gasteiger partial charge in [0.05, 0.1) is 29.9 Å². The summed E-state index contributed by atoms with van der Waals surface area (Å²) >= 11 is 16.2. The number of carbonyl (C=O) groups excluding carboxylic acids is 1. The molecule has 3 aromatic carbocycles. The highest BCUT2D eigenvalue weighted by atomic mass is 79.9. The Balaban J connectivity index is 1.72. The van der Waals surface area contributed by atoms with Gasteiger partial charge in [0.15, 0.2) is 22.0 Å². The summed E-state index contributed by atoms with van der Waals surface area (Å²) in [6.07, 6.45) is -3.54. The van der Waals surface area contributed by atoms with Crippen LogP contribution in [0.1, 0.15) is 29.7 Å². The highest BCUT2D eigenvalue weighted by Gasteiger charge is 2.45. The van der Waals surface area contributed by atoms with E-state index in [0.29, 0.717) is 31.6 Å². The quantitative estimate of drug-likeness (QED) is 0.182. The predicted octanol–water partition coefficient (Wildman–Crippen LogP) is 7.00. The fourth-order valence-electron chi connectivity index (χ4n) is 4.68. The zero-order chi connectivity index (χ0) is 32.5. The Morgan fingerprint density at radius 2 is 1.73 bits per heavy atom. The minimum absolute atomic E-state index is 0.0378. The van der Waals surface area contributed by atoms with Crippen molar-refractivity contribution in [3.63, 3.8) is 0 Å². The number of ether oxygens (including phenoxy) is 3. The van der Waals surface area contributed by atoms with Gasteiger partial charge in [0.1, 0.15) is 6.61 Å². The number of halogens is 6. The molecule has 0 saturated heterocycles. The Morgan fingerprint density at radius 3 is 2.33 bits per heavy atom. The van der Waals surface area contributed by atoms with Gasteiger partial charge in [-0.25, -0.2) is 9.79 Å². The van der Waals surface area contributed by atoms with Crippen molar-refractivity contribution in [1.82, 2.24) is 4.57 Å². The molecule has 14 heteroatoms. The third kappa shape index (κ3) is 6.99. The van der Waals surface area contributed by atoms with Gasteiger partial charge in [0.25, 0.3) is 5.56 Å². The molecule has 0 spiro atoms. The molecule has 1 aromatic heterocycles. The molecule has 1 atom stereocenters. The monoisotopic (exact) mass is 740 g/mol. The first-order valence-corrected chi connectivity index (χ1v) is 15.6. The number of fused-ring (bicyclic) bond motifs is 1. The molecular formula is C31H22BrCl2F3N2O5S. The van der Waals surface area contributed by atoms with Gasteiger partial charge in [-0.1, -0.05) is 74.7 Å². The number of alkyl halides is 3. The molecule has 0 amide bonds. The van der Waals surface area contributed by atoms with Crippen LogP contribution in [0.5, 0.6) is 11.5 Å². The van der Waals surface area contributed by atoms with Crippen LogP contribution in [0.4, 0.5) is 13.2 Å². The number of nitrogens with zero attached hydrogens (tertiary/aromatic N) is 2. The predicted molar refractivity (Wildman–Crippen MR) is 169 cm³/mol. The van der Waals surface area contributed by atoms with E-state index in [1.54, 1.807) is 36.4 Å². The van der Waals surface area contributed by atoms with Crippen LogP contribution >= 0.6 is 50.5 Å². The van der Waals surface area contributed by atoms with E-state index in [4.69, 9.17) is 37.4 Å². The lowest BCUT2D eigenvalue weighted by Crippen LogP contribution is -2.41. The van der Waals surface area contributed by atoms with E-state index in [9.17, 15) is 22.8 Å². The van der Waals surface area contributed by atoms with Crippen LogP contribution in [0.15, 0.2) is 86.2 Å². The molecule has 1 aliphatic rings. The van der Waals surface area contributed by atoms with Gasteiger partial charge in [-0.05, 0) is 60.5 Å². The number of hydrogen-bond donors (Lipinski definition) is 0. The summed E-state index contributed by atoms with van der Waals surface area (Å²) in [7, 11) is 1.45. The number of methoxy groups -OCH3 is 1. The van der Waals surface area contributed by atoms with Crippen LogP contribution in [0.3, 0.4) is 0 Å². The van der Waals surface area contributed by atoms with E-state index < -0.39 is 35.0 Å². The smallest absolute Gasteiger partial charge is 0.434 e. The van der Waals surface area contributed by atoms with E-state index in [-0.39, 0.29) is 28.1 Å². The summed E-state index contributed by atoms with van der Waals surface area (Å²) in [4.78, 5) is 30.6. The molecule has 0 bridgehead atoms. The Morgan fingerprint density at radius 1 is 1.09 bits per heavy atom. The molecular weight excluding hydrogens is 720 g/mol. The number of allylic oxidation sites excluding steroid dienone is 1. The second kappa shape index (κ2) is 13.4. The summed E-state index contributed by atoms with van der Waals surface area (Å²) in [6.45, 7) is 1.41. The number of thiazole rings is 1. The maximum absolute atomic E-state index is 14.4. The van der Waals surface area contributed by atoms with Crippen molar-refractivity contribution in [2.24, 2.45) is 4.99 Å². The molecule has 0 saturated carbocycles. The van der Waals surface area contributed by atoms with Gasteiger partial charge >= 0.3 is 12.1 Å². The minimum Gasteiger partial charge on any atom is -0.493 e. The zero-order valence-electron chi connectivity index (χ0n) is 23.5. The summed E-state index contributed by atoms with van der Waals surface area (Å²) < 4.78 is 61.6. The zero-order valence-corrected chi connectivity index (χ0v) is 27.4. The molecule has 234 valence electrons. The Hall–Kier alpha value is -3.58. The number of carbonyl (C=O) groups is 1. The lowest BCUT2D eigenvalue weighted by molar-refractivity contribution is -0.140. The molecule has 1 aliphatic heterocycles. The standard InChI is InChI=1S/C31H22BrCl2F3N2O5S/c1-3-43-29(41)24-25(17-6-10-21(34)11-7-17)39-28(40)23(45-30(39)38-27(24)31(35,36)37)13-18-12-19(32)14-22(42-2)26(18)44-15-16-4-8-20(33)9-5-16/h4-14,25H,3,15H2,1-2H3/b23-13-/t25-/m1/s1. The average molecular weight is 742 g/mol. The van der Waals surface area contributed by atoms with Crippen molar-refractivity contribution < 1.29 is 32.2 Å². The fourth-order valence-corrected chi connectivity index (χ4v) is 6.38. The number of aromatic nitrogens is 1. The summed E-state index contributed by atoms with van der Waals surface area (Å²) in [6, 6.07) is 14.7. The highest BCUT2D eigenvalue weighted by Crippen LogP contribution is 2.39. The number of hydrogen-bond acceptors (Lipinski definition) is 7. The molecule has 5 rings (SSSR count). The number of esters is 1. The van der Waals surface area contributed by atoms with Gasteiger partial charge in [0.2, 0.25) is 0 Å². The van der Waals surface area contributed by atoms with E-state index in [1.807, 2.05) is 0 Å². The number of rotatable bonds is 8. The van der Waals surface area contributed by atoms with Crippen LogP contribution in [0.2, 0.25) is 10.0 Å². The third-order valence-corrected chi connectivity index (χ3v) is 8.58. The van der Waals surface area contributed by atoms with Crippen molar-refractivity contribution >= 4 is 62.5 Å². The molecule has 0 aliphatic carbocycles. The maximum Gasteiger partial charge on any atom is 0.434 e. The van der Waals surface area contributed by atoms with Crippen LogP contribution in [-0.4, -0.2) is 30.4 Å². The van der Waals surface area contributed by atoms with Crippen molar-refractivity contribution in [1.29, 1.82) is 0 Å². The first-order valence-electron chi connectivity index (χ1n) is 13.2.